The summed E-state index contributed by atoms with van der Waals surface area (Å²) in [6, 6.07) is 16.4. The van der Waals surface area contributed by atoms with Crippen LogP contribution in [0.3, 0.4) is 0 Å². The molecule has 2 aromatic carbocycles. The SMILES string of the molecule is CCCCCCCCOc1ccc(C(=O)Oc2ccc(-c3ccnc(SCCCCC)n3)cc2)cc1. The Hall–Kier alpha value is -2.86. The van der Waals surface area contributed by atoms with E-state index in [0.29, 0.717) is 17.9 Å². The highest BCUT2D eigenvalue weighted by Crippen LogP contribution is 2.24. The summed E-state index contributed by atoms with van der Waals surface area (Å²) in [5.41, 5.74) is 2.31. The fourth-order valence-corrected chi connectivity index (χ4v) is 4.54. The van der Waals surface area contributed by atoms with Crippen LogP contribution in [0, 0.1) is 0 Å². The molecular weight excluding hydrogens is 468 g/mol. The van der Waals surface area contributed by atoms with Gasteiger partial charge in [0.05, 0.1) is 17.9 Å². The zero-order valence-corrected chi connectivity index (χ0v) is 22.4. The van der Waals surface area contributed by atoms with Crippen molar-refractivity contribution in [2.45, 2.75) is 76.8 Å². The first-order valence-corrected chi connectivity index (χ1v) is 14.2. The van der Waals surface area contributed by atoms with Crippen molar-refractivity contribution >= 4 is 17.7 Å². The van der Waals surface area contributed by atoms with Gasteiger partial charge in [0, 0.05) is 17.5 Å². The fourth-order valence-electron chi connectivity index (χ4n) is 3.71. The number of benzene rings is 2. The summed E-state index contributed by atoms with van der Waals surface area (Å²) in [4.78, 5) is 21.6. The van der Waals surface area contributed by atoms with Gasteiger partial charge in [-0.15, -0.1) is 0 Å². The number of nitrogens with zero attached hydrogens (tertiary/aromatic N) is 2. The summed E-state index contributed by atoms with van der Waals surface area (Å²) in [6.45, 7) is 5.13. The van der Waals surface area contributed by atoms with Gasteiger partial charge in [-0.05, 0) is 67.4 Å². The van der Waals surface area contributed by atoms with E-state index in [4.69, 9.17) is 9.47 Å². The minimum absolute atomic E-state index is 0.391. The number of esters is 1. The minimum atomic E-state index is -0.391. The van der Waals surface area contributed by atoms with Crippen molar-refractivity contribution in [3.05, 3.63) is 66.4 Å². The van der Waals surface area contributed by atoms with Crippen molar-refractivity contribution in [3.8, 4) is 22.8 Å². The maximum Gasteiger partial charge on any atom is 0.343 e. The van der Waals surface area contributed by atoms with Crippen LogP contribution in [-0.4, -0.2) is 28.3 Å². The van der Waals surface area contributed by atoms with E-state index >= 15 is 0 Å². The number of thioether (sulfide) groups is 1. The third-order valence-corrected chi connectivity index (χ3v) is 6.78. The van der Waals surface area contributed by atoms with E-state index in [9.17, 15) is 4.79 Å². The summed E-state index contributed by atoms with van der Waals surface area (Å²) >= 11 is 1.69. The van der Waals surface area contributed by atoms with Crippen molar-refractivity contribution in [3.63, 3.8) is 0 Å². The van der Waals surface area contributed by atoms with Gasteiger partial charge in [-0.25, -0.2) is 14.8 Å². The molecule has 0 aliphatic carbocycles. The lowest BCUT2D eigenvalue weighted by Gasteiger charge is -2.08. The van der Waals surface area contributed by atoms with Crippen LogP contribution in [0.25, 0.3) is 11.3 Å². The lowest BCUT2D eigenvalue weighted by atomic mass is 10.1. The van der Waals surface area contributed by atoms with Crippen molar-refractivity contribution in [2.75, 3.05) is 12.4 Å². The number of rotatable bonds is 16. The van der Waals surface area contributed by atoms with Gasteiger partial charge < -0.3 is 9.47 Å². The highest BCUT2D eigenvalue weighted by atomic mass is 32.2. The van der Waals surface area contributed by atoms with Crippen molar-refractivity contribution < 1.29 is 14.3 Å². The Morgan fingerprint density at radius 1 is 0.778 bits per heavy atom. The zero-order chi connectivity index (χ0) is 25.4. The molecule has 0 fully saturated rings. The molecule has 3 rings (SSSR count). The van der Waals surface area contributed by atoms with Gasteiger partial charge in [0.15, 0.2) is 5.16 Å². The minimum Gasteiger partial charge on any atom is -0.494 e. The largest absolute Gasteiger partial charge is 0.494 e. The van der Waals surface area contributed by atoms with E-state index < -0.39 is 5.97 Å². The Kier molecular flexibility index (Phi) is 12.3. The number of aromatic nitrogens is 2. The molecule has 6 heteroatoms. The zero-order valence-electron chi connectivity index (χ0n) is 21.6. The standard InChI is InChI=1S/C30H38N2O3S/c1-3-5-7-8-9-10-22-34-26-16-14-25(15-17-26)29(33)35-27-18-12-24(13-19-27)28-20-21-31-30(32-28)36-23-11-6-4-2/h12-21H,3-11,22-23H2,1-2H3. The van der Waals surface area contributed by atoms with Gasteiger partial charge in [0.25, 0.3) is 0 Å². The Bertz CT molecular complexity index is 1040. The normalized spacial score (nSPS) is 10.8. The van der Waals surface area contributed by atoms with Crippen LogP contribution < -0.4 is 9.47 Å². The molecule has 192 valence electrons. The Labute approximate surface area is 220 Å². The van der Waals surface area contributed by atoms with Gasteiger partial charge in [-0.1, -0.05) is 70.6 Å². The van der Waals surface area contributed by atoms with Crippen LogP contribution in [0.5, 0.6) is 11.5 Å². The average molecular weight is 507 g/mol. The number of carbonyl (C=O) groups excluding carboxylic acids is 1. The van der Waals surface area contributed by atoms with E-state index in [1.54, 1.807) is 42.2 Å². The molecule has 0 spiro atoms. The second kappa shape index (κ2) is 16.0. The number of ether oxygens (including phenoxy) is 2. The molecule has 0 aliphatic heterocycles. The van der Waals surface area contributed by atoms with Crippen molar-refractivity contribution in [1.29, 1.82) is 0 Å². The molecule has 36 heavy (non-hydrogen) atoms. The molecule has 0 amide bonds. The summed E-state index contributed by atoms with van der Waals surface area (Å²) in [5.74, 6) is 1.91. The molecule has 1 heterocycles. The van der Waals surface area contributed by atoms with Gasteiger partial charge in [0.1, 0.15) is 11.5 Å². The van der Waals surface area contributed by atoms with Crippen molar-refractivity contribution in [1.82, 2.24) is 9.97 Å². The second-order valence-electron chi connectivity index (χ2n) is 8.83. The predicted molar refractivity (Wildman–Crippen MR) is 148 cm³/mol. The van der Waals surface area contributed by atoms with Crippen LogP contribution in [0.2, 0.25) is 0 Å². The van der Waals surface area contributed by atoms with Crippen LogP contribution in [0.15, 0.2) is 66.0 Å². The third kappa shape index (κ3) is 9.65. The quantitative estimate of drug-likeness (QED) is 0.0639. The molecule has 0 N–H and O–H groups in total. The van der Waals surface area contributed by atoms with E-state index in [1.807, 2.05) is 30.3 Å². The monoisotopic (exact) mass is 506 g/mol. The Morgan fingerprint density at radius 3 is 2.19 bits per heavy atom. The summed E-state index contributed by atoms with van der Waals surface area (Å²) in [6.07, 6.45) is 12.8. The molecule has 5 nitrogen and oxygen atoms in total. The topological polar surface area (TPSA) is 61.3 Å². The van der Waals surface area contributed by atoms with E-state index in [2.05, 4.69) is 23.8 Å². The second-order valence-corrected chi connectivity index (χ2v) is 9.90. The molecule has 0 atom stereocenters. The smallest absolute Gasteiger partial charge is 0.343 e. The summed E-state index contributed by atoms with van der Waals surface area (Å²) < 4.78 is 11.4. The number of unbranched alkanes of at least 4 members (excludes halogenated alkanes) is 7. The summed E-state index contributed by atoms with van der Waals surface area (Å²) in [7, 11) is 0. The first-order chi connectivity index (χ1) is 17.7. The summed E-state index contributed by atoms with van der Waals surface area (Å²) in [5, 5.41) is 0.790. The molecule has 1 aromatic heterocycles. The van der Waals surface area contributed by atoms with E-state index in [0.717, 1.165) is 34.3 Å². The first kappa shape index (κ1) is 27.7. The van der Waals surface area contributed by atoms with Crippen molar-refractivity contribution in [2.24, 2.45) is 0 Å². The average Bonchev–Trinajstić information content (AvgIpc) is 2.91. The predicted octanol–water partition coefficient (Wildman–Crippen LogP) is 8.38. The Morgan fingerprint density at radius 2 is 1.44 bits per heavy atom. The van der Waals surface area contributed by atoms with Crippen LogP contribution in [0.1, 0.15) is 82.0 Å². The number of hydrogen-bond donors (Lipinski definition) is 0. The molecule has 0 saturated heterocycles. The highest BCUT2D eigenvalue weighted by molar-refractivity contribution is 7.99. The van der Waals surface area contributed by atoms with Gasteiger partial charge in [-0.2, -0.15) is 0 Å². The van der Waals surface area contributed by atoms with Gasteiger partial charge >= 0.3 is 5.97 Å². The number of hydrogen-bond acceptors (Lipinski definition) is 6. The fraction of sp³-hybridized carbons (Fsp3) is 0.433. The molecule has 0 unspecified atom stereocenters. The lowest BCUT2D eigenvalue weighted by Crippen LogP contribution is -2.08. The molecular formula is C30H38N2O3S. The molecule has 0 aliphatic rings. The first-order valence-electron chi connectivity index (χ1n) is 13.2. The van der Waals surface area contributed by atoms with E-state index in [-0.39, 0.29) is 0 Å². The molecule has 0 bridgehead atoms. The highest BCUT2D eigenvalue weighted by Gasteiger charge is 2.10. The maximum atomic E-state index is 12.6. The van der Waals surface area contributed by atoms with Crippen LogP contribution in [-0.2, 0) is 0 Å². The van der Waals surface area contributed by atoms with Crippen LogP contribution in [0.4, 0.5) is 0 Å². The molecule has 0 radical (unpaired) electrons. The molecule has 3 aromatic rings. The van der Waals surface area contributed by atoms with Gasteiger partial charge in [-0.3, -0.25) is 0 Å². The van der Waals surface area contributed by atoms with E-state index in [1.165, 1.54) is 51.4 Å². The van der Waals surface area contributed by atoms with Gasteiger partial charge in [0.2, 0.25) is 0 Å². The van der Waals surface area contributed by atoms with Crippen LogP contribution >= 0.6 is 11.8 Å². The Balaban J connectivity index is 1.46. The third-order valence-electron chi connectivity index (χ3n) is 5.83. The molecule has 0 saturated carbocycles. The number of carbonyl (C=O) groups is 1. The lowest BCUT2D eigenvalue weighted by molar-refractivity contribution is 0.0734. The maximum absolute atomic E-state index is 12.6.